The van der Waals surface area contributed by atoms with E-state index in [4.69, 9.17) is 14.2 Å². The van der Waals surface area contributed by atoms with E-state index in [2.05, 4.69) is 80.7 Å². The van der Waals surface area contributed by atoms with Crippen LogP contribution >= 0.6 is 0 Å². The van der Waals surface area contributed by atoms with Crippen LogP contribution in [-0.2, 0) is 28.6 Å². The lowest BCUT2D eigenvalue weighted by atomic mass is 10.1. The molecule has 0 heterocycles. The van der Waals surface area contributed by atoms with Crippen LogP contribution in [0.2, 0.25) is 0 Å². The van der Waals surface area contributed by atoms with Crippen LogP contribution in [0.5, 0.6) is 0 Å². The van der Waals surface area contributed by atoms with E-state index in [9.17, 15) is 19.5 Å². The largest absolute Gasteiger partial charge is 0.544 e. The molecule has 0 saturated heterocycles. The van der Waals surface area contributed by atoms with Crippen molar-refractivity contribution in [3.8, 4) is 0 Å². The van der Waals surface area contributed by atoms with Crippen LogP contribution in [0, 0.1) is 0 Å². The summed E-state index contributed by atoms with van der Waals surface area (Å²) in [6.07, 6.45) is 40.9. The Bertz CT molecular complexity index is 1090. The molecule has 0 bridgehead atoms. The number of unbranched alkanes of at least 4 members (excludes halogenated alkanes) is 3. The van der Waals surface area contributed by atoms with E-state index in [0.29, 0.717) is 12.8 Å². The number of aliphatic carboxylic acids is 1. The number of nitrogens with zero attached hydrogens (tertiary/aromatic N) is 1. The Hall–Kier alpha value is -3.49. The Morgan fingerprint density at radius 1 is 0.620 bits per heavy atom. The van der Waals surface area contributed by atoms with Crippen molar-refractivity contribution < 1.29 is 38.2 Å². The highest BCUT2D eigenvalue weighted by molar-refractivity contribution is 5.70. The smallest absolute Gasteiger partial charge is 0.306 e. The fourth-order valence-corrected chi connectivity index (χ4v) is 4.64. The number of ether oxygens (including phenoxy) is 3. The van der Waals surface area contributed by atoms with Crippen molar-refractivity contribution >= 4 is 17.9 Å². The minimum absolute atomic E-state index is 0.00403. The van der Waals surface area contributed by atoms with Crippen molar-refractivity contribution in [3.63, 3.8) is 0 Å². The lowest BCUT2D eigenvalue weighted by molar-refractivity contribution is -0.889. The maximum absolute atomic E-state index is 12.5. The summed E-state index contributed by atoms with van der Waals surface area (Å²) >= 11 is 0. The van der Waals surface area contributed by atoms with E-state index in [0.717, 1.165) is 51.4 Å². The Kier molecular flexibility index (Phi) is 30.4. The van der Waals surface area contributed by atoms with E-state index < -0.39 is 24.1 Å². The van der Waals surface area contributed by atoms with E-state index in [-0.39, 0.29) is 49.5 Å². The van der Waals surface area contributed by atoms with Gasteiger partial charge in [-0.25, -0.2) is 0 Å². The molecule has 2 unspecified atom stereocenters. The van der Waals surface area contributed by atoms with Crippen LogP contribution in [0.25, 0.3) is 0 Å². The molecule has 0 aliphatic rings. The molecule has 0 spiro atoms. The molecule has 282 valence electrons. The van der Waals surface area contributed by atoms with Gasteiger partial charge >= 0.3 is 11.9 Å². The number of rotatable bonds is 31. The molecule has 0 amide bonds. The molecular formula is C42H67NO7. The van der Waals surface area contributed by atoms with Crippen molar-refractivity contribution in [2.75, 3.05) is 41.0 Å². The zero-order valence-corrected chi connectivity index (χ0v) is 31.8. The van der Waals surface area contributed by atoms with E-state index in [1.165, 1.54) is 12.8 Å². The van der Waals surface area contributed by atoms with Gasteiger partial charge in [-0.1, -0.05) is 112 Å². The van der Waals surface area contributed by atoms with Gasteiger partial charge in [-0.05, 0) is 64.2 Å². The third-order valence-corrected chi connectivity index (χ3v) is 7.54. The summed E-state index contributed by atoms with van der Waals surface area (Å²) in [5, 5.41) is 11.5. The molecule has 8 nitrogen and oxygen atoms in total. The molecule has 50 heavy (non-hydrogen) atoms. The van der Waals surface area contributed by atoms with Crippen LogP contribution in [0.3, 0.4) is 0 Å². The van der Waals surface area contributed by atoms with Gasteiger partial charge in [0.25, 0.3) is 0 Å². The summed E-state index contributed by atoms with van der Waals surface area (Å²) in [6.45, 7) is 4.31. The second kappa shape index (κ2) is 32.7. The molecule has 8 heteroatoms. The Labute approximate surface area is 303 Å². The van der Waals surface area contributed by atoms with Gasteiger partial charge in [-0.2, -0.15) is 0 Å². The van der Waals surface area contributed by atoms with Crippen LogP contribution in [0.4, 0.5) is 0 Å². The summed E-state index contributed by atoms with van der Waals surface area (Å²) in [4.78, 5) is 36.4. The third kappa shape index (κ3) is 30.6. The maximum atomic E-state index is 12.5. The van der Waals surface area contributed by atoms with Crippen molar-refractivity contribution in [2.24, 2.45) is 0 Å². The van der Waals surface area contributed by atoms with Crippen molar-refractivity contribution in [2.45, 2.75) is 122 Å². The molecule has 0 aliphatic carbocycles. The fourth-order valence-electron chi connectivity index (χ4n) is 4.64. The first kappa shape index (κ1) is 46.5. The first-order valence-electron chi connectivity index (χ1n) is 18.6. The molecule has 0 aromatic heterocycles. The Balaban J connectivity index is 4.50. The number of quaternary nitrogens is 1. The normalized spacial score (nSPS) is 14.0. The minimum Gasteiger partial charge on any atom is -0.544 e. The SMILES string of the molecule is CC/C=C/C/C=C/C/C=C/C/C=C/C/C=C/C/C=C/CCC(=O)OCC(COCCC(C(=O)[O-])[N+](C)(C)C)OC(=O)CC/C=C/CCCCC. The highest BCUT2D eigenvalue weighted by Gasteiger charge is 2.25. The van der Waals surface area contributed by atoms with E-state index in [1.54, 1.807) is 21.1 Å². The number of carbonyl (C=O) groups excluding carboxylic acids is 3. The quantitative estimate of drug-likeness (QED) is 0.0313. The number of hydrogen-bond acceptors (Lipinski definition) is 7. The number of carboxylic acid groups (broad SMARTS) is 1. The number of allylic oxidation sites excluding steroid dienone is 14. The van der Waals surface area contributed by atoms with Crippen LogP contribution in [0.15, 0.2) is 85.1 Å². The van der Waals surface area contributed by atoms with E-state index >= 15 is 0 Å². The minimum atomic E-state index is -1.15. The Morgan fingerprint density at radius 2 is 1.10 bits per heavy atom. The molecule has 0 rings (SSSR count). The predicted octanol–water partition coefficient (Wildman–Crippen LogP) is 8.07. The molecule has 0 aliphatic heterocycles. The lowest BCUT2D eigenvalue weighted by Crippen LogP contribution is -2.55. The van der Waals surface area contributed by atoms with Crippen LogP contribution in [-0.4, -0.2) is 75.5 Å². The molecule has 0 aromatic rings. The van der Waals surface area contributed by atoms with Gasteiger partial charge in [-0.3, -0.25) is 9.59 Å². The maximum Gasteiger partial charge on any atom is 0.306 e. The number of esters is 2. The van der Waals surface area contributed by atoms with Gasteiger partial charge in [0, 0.05) is 19.3 Å². The zero-order valence-electron chi connectivity index (χ0n) is 31.8. The summed E-state index contributed by atoms with van der Waals surface area (Å²) < 4.78 is 16.9. The van der Waals surface area contributed by atoms with Gasteiger partial charge in [-0.15, -0.1) is 0 Å². The summed E-state index contributed by atoms with van der Waals surface area (Å²) in [7, 11) is 5.34. The molecule has 2 atom stereocenters. The number of carboxylic acids is 1. The molecule has 0 aromatic carbocycles. The topological polar surface area (TPSA) is 102 Å². The van der Waals surface area contributed by atoms with Gasteiger partial charge in [0.15, 0.2) is 6.10 Å². The van der Waals surface area contributed by atoms with Crippen molar-refractivity contribution in [3.05, 3.63) is 85.1 Å². The Morgan fingerprint density at radius 3 is 1.60 bits per heavy atom. The van der Waals surface area contributed by atoms with Crippen molar-refractivity contribution in [1.29, 1.82) is 0 Å². The number of carbonyl (C=O) groups is 3. The third-order valence-electron chi connectivity index (χ3n) is 7.54. The average molecular weight is 698 g/mol. The summed E-state index contributed by atoms with van der Waals surface area (Å²) in [5.74, 6) is -1.93. The van der Waals surface area contributed by atoms with E-state index in [1.807, 2.05) is 18.2 Å². The first-order chi connectivity index (χ1) is 24.1. The van der Waals surface area contributed by atoms with Crippen LogP contribution in [0.1, 0.15) is 110 Å². The van der Waals surface area contributed by atoms with Crippen LogP contribution < -0.4 is 5.11 Å². The summed E-state index contributed by atoms with van der Waals surface area (Å²) in [5.41, 5.74) is 0. The second-order valence-corrected chi connectivity index (χ2v) is 13.1. The molecule has 0 N–H and O–H groups in total. The monoisotopic (exact) mass is 697 g/mol. The summed E-state index contributed by atoms with van der Waals surface area (Å²) in [6, 6.07) is -0.744. The molecular weight excluding hydrogens is 630 g/mol. The molecule has 0 saturated carbocycles. The first-order valence-corrected chi connectivity index (χ1v) is 18.6. The predicted molar refractivity (Wildman–Crippen MR) is 203 cm³/mol. The molecule has 0 radical (unpaired) electrons. The van der Waals surface area contributed by atoms with Gasteiger partial charge < -0.3 is 28.6 Å². The van der Waals surface area contributed by atoms with Gasteiger partial charge in [0.05, 0.1) is 40.3 Å². The highest BCUT2D eigenvalue weighted by atomic mass is 16.6. The number of likely N-dealkylation sites (N-methyl/N-ethyl adjacent to an activating group) is 1. The van der Waals surface area contributed by atoms with Crippen molar-refractivity contribution in [1.82, 2.24) is 0 Å². The highest BCUT2D eigenvalue weighted by Crippen LogP contribution is 2.09. The molecule has 0 fully saturated rings. The lowest BCUT2D eigenvalue weighted by Gasteiger charge is -2.34. The van der Waals surface area contributed by atoms with Gasteiger partial charge in [0.1, 0.15) is 12.6 Å². The fraction of sp³-hybridized carbons (Fsp3) is 0.595. The average Bonchev–Trinajstić information content (AvgIpc) is 3.06. The number of hydrogen-bond donors (Lipinski definition) is 0. The standard InChI is InChI=1S/C42H67NO7/c1-6-8-10-12-14-15-16-17-18-19-20-21-22-23-24-25-27-28-30-32-40(44)49-37-38(36-48-35-34-39(42(46)47)43(3,4)5)50-41(45)33-31-29-26-13-11-9-7-2/h8,10,14-15,17-18,20-21,23-24,26-29,38-39H,6-7,9,11-13,16,19,22,25,30-37H2,1-5H3/b10-8+,15-14+,18-17+,21-20+,24-23+,28-27+,29-26+. The van der Waals surface area contributed by atoms with Gasteiger partial charge in [0.2, 0.25) is 0 Å². The second-order valence-electron chi connectivity index (χ2n) is 13.1. The zero-order chi connectivity index (χ0) is 37.1.